The summed E-state index contributed by atoms with van der Waals surface area (Å²) in [4.78, 5) is 44.6. The van der Waals surface area contributed by atoms with Crippen molar-refractivity contribution in [3.8, 4) is 11.4 Å². The second-order valence-electron chi connectivity index (χ2n) is 13.7. The van der Waals surface area contributed by atoms with Crippen molar-refractivity contribution in [2.75, 3.05) is 0 Å². The van der Waals surface area contributed by atoms with Crippen molar-refractivity contribution >= 4 is 23.0 Å². The minimum atomic E-state index is -1.97. The first-order valence-corrected chi connectivity index (χ1v) is 15.3. The van der Waals surface area contributed by atoms with E-state index in [0.29, 0.717) is 47.6 Å². The van der Waals surface area contributed by atoms with Gasteiger partial charge in [-0.25, -0.2) is 19.0 Å². The van der Waals surface area contributed by atoms with Crippen LogP contribution in [0.15, 0.2) is 16.9 Å². The number of nitrogens with two attached hydrogens (primary N) is 1. The van der Waals surface area contributed by atoms with Gasteiger partial charge in [0.2, 0.25) is 0 Å². The number of benzene rings is 1. The maximum Gasteiger partial charge on any atom is 0.409 e. The highest BCUT2D eigenvalue weighted by molar-refractivity contribution is 5.93. The molecule has 1 saturated carbocycles. The van der Waals surface area contributed by atoms with Crippen LogP contribution in [-0.2, 0) is 39.4 Å². The van der Waals surface area contributed by atoms with E-state index in [1.165, 1.54) is 6.07 Å². The summed E-state index contributed by atoms with van der Waals surface area (Å²) in [6, 6.07) is 2.50. The normalized spacial score (nSPS) is 27.6. The molecule has 0 bridgehead atoms. The molecule has 3 aromatic rings. The number of fused-ring (bicyclic) bond motifs is 5. The Labute approximate surface area is 253 Å². The Kier molecular flexibility index (Phi) is 6.14. The first-order valence-electron chi connectivity index (χ1n) is 15.3. The molecule has 1 fully saturated rings. The van der Waals surface area contributed by atoms with Crippen molar-refractivity contribution in [1.82, 2.24) is 14.9 Å². The highest BCUT2D eigenvalue weighted by Crippen LogP contribution is 2.56. The number of alkyl carbamates (subject to hydrolysis) is 1. The summed E-state index contributed by atoms with van der Waals surface area (Å²) in [6.07, 6.45) is 1.93. The lowest BCUT2D eigenvalue weighted by Crippen LogP contribution is -2.46. The van der Waals surface area contributed by atoms with Crippen molar-refractivity contribution in [2.45, 2.75) is 97.2 Å². The van der Waals surface area contributed by atoms with Gasteiger partial charge in [-0.1, -0.05) is 20.8 Å². The minimum Gasteiger partial charge on any atom is -0.458 e. The van der Waals surface area contributed by atoms with Gasteiger partial charge in [-0.15, -0.1) is 0 Å². The van der Waals surface area contributed by atoms with Crippen LogP contribution >= 0.6 is 0 Å². The number of cyclic esters (lactones) is 1. The average Bonchev–Trinajstić information content (AvgIpc) is 3.36. The molecule has 4 N–H and O–H groups in total. The molecule has 4 heterocycles. The molecule has 1 aromatic carbocycles. The average molecular weight is 605 g/mol. The molecule has 4 aliphatic rings. The van der Waals surface area contributed by atoms with Crippen LogP contribution in [-0.4, -0.2) is 32.4 Å². The minimum absolute atomic E-state index is 0.0189. The fourth-order valence-corrected chi connectivity index (χ4v) is 7.81. The molecule has 2 aromatic heterocycles. The molecule has 2 aliphatic carbocycles. The number of amides is 1. The van der Waals surface area contributed by atoms with Crippen LogP contribution in [0.4, 0.5) is 9.18 Å². The van der Waals surface area contributed by atoms with Crippen LogP contribution in [0.5, 0.6) is 0 Å². The third-order valence-corrected chi connectivity index (χ3v) is 10.6. The molecule has 0 radical (unpaired) electrons. The Hall–Kier alpha value is -3.83. The summed E-state index contributed by atoms with van der Waals surface area (Å²) in [5, 5.41) is 15.0. The summed E-state index contributed by atoms with van der Waals surface area (Å²) in [5.74, 6) is -0.682. The number of hydrogen-bond donors (Lipinski definition) is 3. The molecule has 11 heteroatoms. The van der Waals surface area contributed by atoms with Gasteiger partial charge in [-0.2, -0.15) is 0 Å². The second-order valence-corrected chi connectivity index (χ2v) is 13.7. The van der Waals surface area contributed by atoms with Crippen molar-refractivity contribution < 1.29 is 28.6 Å². The van der Waals surface area contributed by atoms with E-state index in [1.807, 2.05) is 0 Å². The largest absolute Gasteiger partial charge is 0.458 e. The van der Waals surface area contributed by atoms with E-state index in [0.717, 1.165) is 28.5 Å². The Morgan fingerprint density at radius 1 is 1.32 bits per heavy atom. The Morgan fingerprint density at radius 2 is 2.05 bits per heavy atom. The van der Waals surface area contributed by atoms with E-state index >= 15 is 4.39 Å². The lowest BCUT2D eigenvalue weighted by atomic mass is 9.81. The number of halogens is 1. The first kappa shape index (κ1) is 28.9. The number of aryl methyl sites for hydroxylation is 1. The van der Waals surface area contributed by atoms with E-state index < -0.39 is 35.0 Å². The summed E-state index contributed by atoms with van der Waals surface area (Å²) in [5.41, 5.74) is 7.44. The number of hydrogen-bond acceptors (Lipinski definition) is 8. The lowest BCUT2D eigenvalue weighted by molar-refractivity contribution is -0.172. The monoisotopic (exact) mass is 604 g/mol. The van der Waals surface area contributed by atoms with Crippen LogP contribution < -0.4 is 16.6 Å². The van der Waals surface area contributed by atoms with Crippen LogP contribution in [0.25, 0.3) is 22.3 Å². The van der Waals surface area contributed by atoms with E-state index in [1.54, 1.807) is 31.4 Å². The predicted molar refractivity (Wildman–Crippen MR) is 159 cm³/mol. The van der Waals surface area contributed by atoms with Crippen LogP contribution in [0.2, 0.25) is 0 Å². The topological polar surface area (TPSA) is 146 Å². The second kappa shape index (κ2) is 9.34. The predicted octanol–water partition coefficient (Wildman–Crippen LogP) is 4.35. The number of nitrogens with zero attached hydrogens (tertiary/aromatic N) is 2. The molecule has 232 valence electrons. The van der Waals surface area contributed by atoms with Gasteiger partial charge in [0.15, 0.2) is 11.3 Å². The van der Waals surface area contributed by atoms with Crippen molar-refractivity contribution in [3.05, 3.63) is 61.7 Å². The number of carbonyl (C=O) groups is 2. The zero-order valence-electron chi connectivity index (χ0n) is 25.6. The van der Waals surface area contributed by atoms with Gasteiger partial charge < -0.3 is 24.5 Å². The number of ether oxygens (including phenoxy) is 2. The van der Waals surface area contributed by atoms with E-state index in [9.17, 15) is 19.5 Å². The molecule has 44 heavy (non-hydrogen) atoms. The highest BCUT2D eigenvalue weighted by atomic mass is 19.1. The maximum atomic E-state index is 15.2. The van der Waals surface area contributed by atoms with E-state index in [-0.39, 0.29) is 41.9 Å². The van der Waals surface area contributed by atoms with Crippen molar-refractivity contribution in [3.63, 3.8) is 0 Å². The van der Waals surface area contributed by atoms with Crippen molar-refractivity contribution in [2.24, 2.45) is 17.1 Å². The van der Waals surface area contributed by atoms with E-state index in [4.69, 9.17) is 20.2 Å². The molecular formula is C33H37FN4O6. The number of aromatic nitrogens is 2. The SMILES string of the molecule is CC[C@@]1(O)C(=O)OCc2c1cc1n(c2=O)Cc2c-1nc1cc(F)c(C)c3c1c2C(NC(=O)OC(C)(N)CC1(C)CC1C)CC3. The zero-order chi connectivity index (χ0) is 31.5. The zero-order valence-corrected chi connectivity index (χ0v) is 25.6. The number of aliphatic hydroxyl groups is 1. The molecule has 2 aliphatic heterocycles. The molecule has 1 amide bonds. The molecule has 5 atom stereocenters. The summed E-state index contributed by atoms with van der Waals surface area (Å²) >= 11 is 0. The van der Waals surface area contributed by atoms with Gasteiger partial charge in [0.05, 0.1) is 35.1 Å². The molecular weight excluding hydrogens is 567 g/mol. The molecule has 0 spiro atoms. The van der Waals surface area contributed by atoms with Gasteiger partial charge in [-0.3, -0.25) is 10.5 Å². The maximum absolute atomic E-state index is 15.2. The van der Waals surface area contributed by atoms with Gasteiger partial charge in [-0.05, 0) is 73.6 Å². The van der Waals surface area contributed by atoms with Crippen LogP contribution in [0, 0.1) is 24.1 Å². The molecule has 0 saturated heterocycles. The van der Waals surface area contributed by atoms with E-state index in [2.05, 4.69) is 19.2 Å². The fraction of sp³-hybridized carbons (Fsp3) is 0.515. The number of esters is 1. The number of rotatable bonds is 5. The van der Waals surface area contributed by atoms with Gasteiger partial charge >= 0.3 is 12.1 Å². The number of nitrogens with one attached hydrogen (secondary N) is 1. The first-order chi connectivity index (χ1) is 20.7. The van der Waals surface area contributed by atoms with Crippen LogP contribution in [0.1, 0.15) is 92.8 Å². The van der Waals surface area contributed by atoms with Crippen LogP contribution in [0.3, 0.4) is 0 Å². The molecule has 4 unspecified atom stereocenters. The fourth-order valence-electron chi connectivity index (χ4n) is 7.81. The number of carbonyl (C=O) groups excluding carboxylic acids is 2. The summed E-state index contributed by atoms with van der Waals surface area (Å²) in [7, 11) is 0. The highest BCUT2D eigenvalue weighted by Gasteiger charge is 2.51. The Bertz CT molecular complexity index is 1870. The van der Waals surface area contributed by atoms with Crippen molar-refractivity contribution in [1.29, 1.82) is 0 Å². The third-order valence-electron chi connectivity index (χ3n) is 10.6. The Morgan fingerprint density at radius 3 is 2.73 bits per heavy atom. The third kappa shape index (κ3) is 4.12. The molecule has 7 rings (SSSR count). The standard InChI is InChI=1S/C33H37FN4O6/c1-6-33(42)20-9-24-27-18(12-38(24)28(39)19(20)13-43-29(33)40)26-22(8-7-17-16(3)21(34)10-23(36-27)25(17)26)37-30(41)44-32(5,35)14-31(4)11-15(31)2/h9-10,15,22,42H,6-8,11-14,35H2,1-5H3,(H,37,41)/t15?,22?,31?,32?,33-/m0/s1. The molecule has 10 nitrogen and oxygen atoms in total. The number of pyridine rings is 2. The van der Waals surface area contributed by atoms with Gasteiger partial charge in [0.25, 0.3) is 5.56 Å². The van der Waals surface area contributed by atoms with Gasteiger partial charge in [0.1, 0.15) is 12.4 Å². The quantitative estimate of drug-likeness (QED) is 0.225. The smallest absolute Gasteiger partial charge is 0.409 e. The Balaban J connectivity index is 1.34. The summed E-state index contributed by atoms with van der Waals surface area (Å²) < 4.78 is 27.7. The summed E-state index contributed by atoms with van der Waals surface area (Å²) in [6.45, 7) is 9.30. The van der Waals surface area contributed by atoms with Gasteiger partial charge in [0, 0.05) is 29.0 Å². The lowest BCUT2D eigenvalue weighted by Gasteiger charge is -2.32.